The van der Waals surface area contributed by atoms with Crippen LogP contribution in [0.3, 0.4) is 0 Å². The Labute approximate surface area is 645 Å². The van der Waals surface area contributed by atoms with Gasteiger partial charge in [-0.2, -0.15) is 0 Å². The third-order valence-corrected chi connectivity index (χ3v) is 28.9. The molecular weight excluding hydrogens is 1330 g/mol. The van der Waals surface area contributed by atoms with Gasteiger partial charge in [-0.3, -0.25) is 0 Å². The Kier molecular flexibility index (Phi) is 30.1. The van der Waals surface area contributed by atoms with E-state index in [1.807, 2.05) is 0 Å². The largest absolute Gasteiger partial charge is 0.340 e. The van der Waals surface area contributed by atoms with Crippen molar-refractivity contribution in [1.82, 2.24) is 9.13 Å². The number of aryl methyl sites for hydroxylation is 8. The molecule has 12 rings (SSSR count). The van der Waals surface area contributed by atoms with Crippen molar-refractivity contribution in [2.24, 2.45) is 0 Å². The molecule has 6 aromatic heterocycles. The highest BCUT2D eigenvalue weighted by molar-refractivity contribution is 7.34. The average molecular weight is 1460 g/mol. The zero-order valence-corrected chi connectivity index (χ0v) is 69.3. The summed E-state index contributed by atoms with van der Waals surface area (Å²) >= 11 is 8.27. The molecule has 0 N–H and O–H groups in total. The molecule has 0 saturated carbocycles. The van der Waals surface area contributed by atoms with Crippen LogP contribution < -0.4 is 0 Å². The van der Waals surface area contributed by atoms with Crippen LogP contribution in [0.1, 0.15) is 318 Å². The van der Waals surface area contributed by atoms with E-state index in [0.717, 1.165) is 25.9 Å². The maximum absolute atomic E-state index is 2.72. The van der Waals surface area contributed by atoms with Crippen LogP contribution in [0, 0.1) is 27.7 Å². The van der Waals surface area contributed by atoms with E-state index >= 15 is 0 Å². The number of hydrogen-bond donors (Lipinski definition) is 0. The summed E-state index contributed by atoms with van der Waals surface area (Å²) < 4.78 is 8.34. The van der Waals surface area contributed by atoms with Gasteiger partial charge in [-0.05, 0) is 193 Å². The number of fused-ring (bicyclic) bond motifs is 9. The van der Waals surface area contributed by atoms with E-state index in [1.54, 1.807) is 11.1 Å². The molecule has 0 radical (unpaired) electrons. The van der Waals surface area contributed by atoms with Crippen LogP contribution in [0.5, 0.6) is 0 Å². The highest BCUT2D eigenvalue weighted by Crippen LogP contribution is 2.51. The van der Waals surface area contributed by atoms with Crippen LogP contribution in [-0.4, -0.2) is 9.13 Å². The van der Waals surface area contributed by atoms with Gasteiger partial charge in [-0.25, -0.2) is 0 Å². The van der Waals surface area contributed by atoms with Gasteiger partial charge >= 0.3 is 0 Å². The summed E-state index contributed by atoms with van der Waals surface area (Å²) in [6, 6.07) is 45.3. The third kappa shape index (κ3) is 20.2. The summed E-state index contributed by atoms with van der Waals surface area (Å²) in [5, 5.41) is 11.0. The lowest BCUT2D eigenvalue weighted by Gasteiger charge is -2.10. The van der Waals surface area contributed by atoms with E-state index in [-0.39, 0.29) is 0 Å². The first-order chi connectivity index (χ1) is 51.1. The van der Waals surface area contributed by atoms with Gasteiger partial charge in [0.2, 0.25) is 0 Å². The Morgan fingerprint density at radius 3 is 0.837 bits per heavy atom. The van der Waals surface area contributed by atoms with Crippen LogP contribution in [0.4, 0.5) is 0 Å². The second-order valence-corrected chi connectivity index (χ2v) is 36.5. The molecule has 2 nitrogen and oxygen atoms in total. The van der Waals surface area contributed by atoms with Gasteiger partial charge in [0.25, 0.3) is 0 Å². The molecule has 0 saturated heterocycles. The first-order valence-electron chi connectivity index (χ1n) is 42.8. The van der Waals surface area contributed by atoms with E-state index in [4.69, 9.17) is 0 Å². The van der Waals surface area contributed by atoms with Crippen LogP contribution in [0.2, 0.25) is 0 Å². The fraction of sp³-hybridized carbons (Fsp3) is 0.531. The molecule has 0 aliphatic heterocycles. The summed E-state index contributed by atoms with van der Waals surface area (Å²) in [5.74, 6) is 0. The van der Waals surface area contributed by atoms with E-state index in [1.165, 1.54) is 394 Å². The molecule has 0 fully saturated rings. The monoisotopic (exact) mass is 1460 g/mol. The van der Waals surface area contributed by atoms with Gasteiger partial charge in [0.1, 0.15) is 0 Å². The van der Waals surface area contributed by atoms with Gasteiger partial charge in [0, 0.05) is 95.4 Å². The van der Waals surface area contributed by atoms with Crippen LogP contribution >= 0.6 is 45.3 Å². The molecule has 104 heavy (non-hydrogen) atoms. The molecule has 0 spiro atoms. The first kappa shape index (κ1) is 78.1. The standard InChI is InChI=1S/C98H130N2S4/c1-9-13-17-21-25-29-33-37-41-45-49-77-67-91(75-51-53-83-85-61-79-57-71(5)73(7)59-81(79)65-89(85)99(87(83)63-75)55-47-43-39-35-31-27-23-19-15-11-3)103-97(77)95-69-93-94(101-95)70-96(102-93)98-78(50-46-42-38-34-30-26-22-18-14-10-2)68-92(104-98)76-52-54-84-86-62-80-58-72(6)74(8)60-82(80)66-90(86)100(88(84)64-76)56-48-44-40-36-32-28-24-20-16-12-4/h51-54,57-70H,9-50,55-56H2,1-8H3. The quantitative estimate of drug-likeness (QED) is 0.0336. The Hall–Kier alpha value is -5.50. The highest BCUT2D eigenvalue weighted by atomic mass is 32.1. The second-order valence-electron chi connectivity index (χ2n) is 32.2. The summed E-state index contributed by atoms with van der Waals surface area (Å²) in [6.45, 7) is 20.5. The molecule has 556 valence electrons. The minimum absolute atomic E-state index is 1.07. The molecule has 0 aliphatic carbocycles. The lowest BCUT2D eigenvalue weighted by molar-refractivity contribution is 0.541. The lowest BCUT2D eigenvalue weighted by atomic mass is 10.00. The predicted molar refractivity (Wildman–Crippen MR) is 472 cm³/mol. The van der Waals surface area contributed by atoms with Gasteiger partial charge in [-0.1, -0.05) is 307 Å². The minimum atomic E-state index is 1.07. The molecule has 0 unspecified atom stereocenters. The number of benzene rings is 6. The SMILES string of the molecule is CCCCCCCCCCCCc1cc(-c2ccc3c4cc5cc(C)c(C)cc5cc4n(CCCCCCCCCCCC)c3c2)sc1-c1cc2sc(-c3sc(-c4ccc5c6cc7cc(C)c(C)cc7cc6n(CCCCCCCCCCCC)c5c4)cc3CCCCCCCCCCCC)cc2s1. The Bertz CT molecular complexity index is 4330. The van der Waals surface area contributed by atoms with Gasteiger partial charge in [0.05, 0.1) is 0 Å². The van der Waals surface area contributed by atoms with Crippen molar-refractivity contribution in [3.63, 3.8) is 0 Å². The number of hydrogen-bond acceptors (Lipinski definition) is 4. The minimum Gasteiger partial charge on any atom is -0.340 e. The molecule has 6 heterocycles. The van der Waals surface area contributed by atoms with Crippen LogP contribution in [0.25, 0.3) is 115 Å². The summed E-state index contributed by atoms with van der Waals surface area (Å²) in [6.07, 6.45) is 56.7. The Morgan fingerprint density at radius 1 is 0.240 bits per heavy atom. The third-order valence-electron chi connectivity index (χ3n) is 23.8. The summed E-state index contributed by atoms with van der Waals surface area (Å²) in [4.78, 5) is 8.78. The molecule has 6 heteroatoms. The summed E-state index contributed by atoms with van der Waals surface area (Å²) in [5.41, 5.74) is 17.0. The molecule has 6 aromatic carbocycles. The van der Waals surface area contributed by atoms with Crippen molar-refractivity contribution >= 4 is 120 Å². The average Bonchev–Trinajstić information content (AvgIpc) is 1.59. The fourth-order valence-electron chi connectivity index (χ4n) is 17.1. The first-order valence-corrected chi connectivity index (χ1v) is 46.1. The van der Waals surface area contributed by atoms with E-state index in [9.17, 15) is 0 Å². The van der Waals surface area contributed by atoms with Crippen molar-refractivity contribution < 1.29 is 0 Å². The van der Waals surface area contributed by atoms with Gasteiger partial charge in [0.15, 0.2) is 0 Å². The van der Waals surface area contributed by atoms with Crippen molar-refractivity contribution in [3.05, 3.63) is 143 Å². The fourth-order valence-corrected chi connectivity index (χ4v) is 22.2. The number of nitrogens with zero attached hydrogens (tertiary/aromatic N) is 2. The van der Waals surface area contributed by atoms with Gasteiger partial charge in [-0.15, -0.1) is 45.3 Å². The topological polar surface area (TPSA) is 9.86 Å². The maximum atomic E-state index is 2.72. The molecule has 0 atom stereocenters. The molecule has 0 aliphatic rings. The van der Waals surface area contributed by atoms with Crippen molar-refractivity contribution in [2.45, 2.75) is 338 Å². The molecule has 12 aromatic rings. The smallest absolute Gasteiger partial charge is 0.0497 e. The molecule has 0 amide bonds. The van der Waals surface area contributed by atoms with E-state index in [2.05, 4.69) is 219 Å². The van der Waals surface area contributed by atoms with E-state index in [0.29, 0.717) is 0 Å². The number of thiophene rings is 4. The van der Waals surface area contributed by atoms with Gasteiger partial charge < -0.3 is 9.13 Å². The zero-order chi connectivity index (χ0) is 72.0. The maximum Gasteiger partial charge on any atom is 0.0497 e. The molecule has 0 bridgehead atoms. The predicted octanol–water partition coefficient (Wildman–Crippen LogP) is 34.3. The number of unbranched alkanes of at least 4 members (excludes halogenated alkanes) is 36. The number of rotatable bonds is 48. The van der Waals surface area contributed by atoms with E-state index < -0.39 is 0 Å². The zero-order valence-electron chi connectivity index (χ0n) is 66.0. The van der Waals surface area contributed by atoms with Crippen molar-refractivity contribution in [2.75, 3.05) is 0 Å². The Morgan fingerprint density at radius 2 is 0.519 bits per heavy atom. The lowest BCUT2D eigenvalue weighted by Crippen LogP contribution is -1.98. The second kappa shape index (κ2) is 40.1. The normalized spacial score (nSPS) is 12.2. The van der Waals surface area contributed by atoms with Crippen LogP contribution in [-0.2, 0) is 25.9 Å². The van der Waals surface area contributed by atoms with Crippen LogP contribution in [0.15, 0.2) is 109 Å². The van der Waals surface area contributed by atoms with Crippen molar-refractivity contribution in [3.8, 4) is 40.4 Å². The molecular formula is C98H130N2S4. The van der Waals surface area contributed by atoms with Crippen molar-refractivity contribution in [1.29, 1.82) is 0 Å². The Balaban J connectivity index is 0.849. The summed E-state index contributed by atoms with van der Waals surface area (Å²) in [7, 11) is 0. The number of aromatic nitrogens is 2. The highest BCUT2D eigenvalue weighted by Gasteiger charge is 2.23.